The maximum absolute atomic E-state index is 5.11. The minimum absolute atomic E-state index is 0.759. The Balaban J connectivity index is 2.90. The molecule has 0 heterocycles. The van der Waals surface area contributed by atoms with Crippen LogP contribution in [0.5, 0.6) is 0 Å². The van der Waals surface area contributed by atoms with Gasteiger partial charge in [0.15, 0.2) is 5.76 Å². The van der Waals surface area contributed by atoms with Crippen molar-refractivity contribution < 1.29 is 9.47 Å². The minimum atomic E-state index is 0.759. The molecule has 1 aliphatic carbocycles. The molecule has 0 aromatic carbocycles. The fourth-order valence-corrected chi connectivity index (χ4v) is 1.08. The van der Waals surface area contributed by atoms with E-state index in [1.165, 1.54) is 0 Å². The smallest absolute Gasteiger partial charge is 0.163 e. The summed E-state index contributed by atoms with van der Waals surface area (Å²) < 4.78 is 10.2. The predicted octanol–water partition coefficient (Wildman–Crippen LogP) is 2.01. The lowest BCUT2D eigenvalue weighted by Gasteiger charge is -2.15. The second-order valence-electron chi connectivity index (χ2n) is 2.29. The standard InChI is InChI=1S/C9H12O2/c1-7-5-4-6-8(10-2)9(7)11-3/h4-5H,1,6H2,2-3H3. The van der Waals surface area contributed by atoms with E-state index in [-0.39, 0.29) is 0 Å². The van der Waals surface area contributed by atoms with Gasteiger partial charge in [-0.15, -0.1) is 0 Å². The van der Waals surface area contributed by atoms with Crippen LogP contribution in [0.1, 0.15) is 6.42 Å². The number of hydrogen-bond acceptors (Lipinski definition) is 2. The van der Waals surface area contributed by atoms with Gasteiger partial charge < -0.3 is 9.47 Å². The molecule has 0 atom stereocenters. The molecule has 0 amide bonds. The number of ether oxygens (including phenoxy) is 2. The lowest BCUT2D eigenvalue weighted by atomic mass is 10.1. The van der Waals surface area contributed by atoms with Crippen molar-refractivity contribution in [3.63, 3.8) is 0 Å². The largest absolute Gasteiger partial charge is 0.497 e. The number of methoxy groups -OCH3 is 2. The molecule has 0 spiro atoms. The highest BCUT2D eigenvalue weighted by Gasteiger charge is 2.12. The van der Waals surface area contributed by atoms with Crippen molar-refractivity contribution in [3.8, 4) is 0 Å². The molecule has 1 aliphatic rings. The summed E-state index contributed by atoms with van der Waals surface area (Å²) in [6, 6.07) is 0. The van der Waals surface area contributed by atoms with E-state index in [0.29, 0.717) is 0 Å². The van der Waals surface area contributed by atoms with Crippen LogP contribution in [0.4, 0.5) is 0 Å². The molecule has 0 aromatic rings. The summed E-state index contributed by atoms with van der Waals surface area (Å²) in [6.07, 6.45) is 4.73. The van der Waals surface area contributed by atoms with Gasteiger partial charge >= 0.3 is 0 Å². The summed E-state index contributed by atoms with van der Waals surface area (Å²) in [5.74, 6) is 1.61. The van der Waals surface area contributed by atoms with Gasteiger partial charge in [0.1, 0.15) is 5.76 Å². The average molecular weight is 152 g/mol. The third kappa shape index (κ3) is 1.45. The van der Waals surface area contributed by atoms with Crippen LogP contribution >= 0.6 is 0 Å². The van der Waals surface area contributed by atoms with E-state index in [2.05, 4.69) is 6.58 Å². The Hall–Kier alpha value is -1.18. The molecule has 0 radical (unpaired) electrons. The van der Waals surface area contributed by atoms with Gasteiger partial charge in [0.25, 0.3) is 0 Å². The quantitative estimate of drug-likeness (QED) is 0.602. The first kappa shape index (κ1) is 7.92. The van der Waals surface area contributed by atoms with Crippen LogP contribution in [0.3, 0.4) is 0 Å². The molecule has 2 heteroatoms. The van der Waals surface area contributed by atoms with Gasteiger partial charge in [0.05, 0.1) is 14.2 Å². The Morgan fingerprint density at radius 1 is 1.36 bits per heavy atom. The Morgan fingerprint density at radius 3 is 2.55 bits per heavy atom. The highest BCUT2D eigenvalue weighted by atomic mass is 16.5. The van der Waals surface area contributed by atoms with Gasteiger partial charge in [-0.05, 0) is 0 Å². The monoisotopic (exact) mass is 152 g/mol. The molecule has 1 rings (SSSR count). The van der Waals surface area contributed by atoms with Gasteiger partial charge in [-0.25, -0.2) is 0 Å². The highest BCUT2D eigenvalue weighted by molar-refractivity contribution is 5.39. The van der Waals surface area contributed by atoms with Crippen molar-refractivity contribution in [3.05, 3.63) is 35.8 Å². The second kappa shape index (κ2) is 3.28. The number of rotatable bonds is 2. The first-order valence-electron chi connectivity index (χ1n) is 3.46. The highest BCUT2D eigenvalue weighted by Crippen LogP contribution is 2.23. The van der Waals surface area contributed by atoms with E-state index < -0.39 is 0 Å². The topological polar surface area (TPSA) is 18.5 Å². The zero-order valence-electron chi connectivity index (χ0n) is 6.89. The Kier molecular flexibility index (Phi) is 2.36. The maximum atomic E-state index is 5.11. The van der Waals surface area contributed by atoms with Crippen molar-refractivity contribution >= 4 is 0 Å². The summed E-state index contributed by atoms with van der Waals surface area (Å²) in [4.78, 5) is 0. The van der Waals surface area contributed by atoms with Crippen molar-refractivity contribution in [1.29, 1.82) is 0 Å². The molecule has 0 saturated heterocycles. The van der Waals surface area contributed by atoms with Crippen LogP contribution in [0.15, 0.2) is 35.8 Å². The Bertz CT molecular complexity index is 224. The molecule has 60 valence electrons. The Labute approximate surface area is 66.8 Å². The zero-order valence-corrected chi connectivity index (χ0v) is 6.89. The van der Waals surface area contributed by atoms with Crippen molar-refractivity contribution in [2.45, 2.75) is 6.42 Å². The van der Waals surface area contributed by atoms with Gasteiger partial charge in [-0.2, -0.15) is 0 Å². The fourth-order valence-electron chi connectivity index (χ4n) is 1.08. The van der Waals surface area contributed by atoms with E-state index in [1.54, 1.807) is 14.2 Å². The first-order valence-corrected chi connectivity index (χ1v) is 3.46. The zero-order chi connectivity index (χ0) is 8.27. The predicted molar refractivity (Wildman–Crippen MR) is 43.9 cm³/mol. The third-order valence-corrected chi connectivity index (χ3v) is 1.62. The summed E-state index contributed by atoms with van der Waals surface area (Å²) in [5, 5.41) is 0. The van der Waals surface area contributed by atoms with Gasteiger partial charge in [-0.1, -0.05) is 18.7 Å². The maximum Gasteiger partial charge on any atom is 0.163 e. The van der Waals surface area contributed by atoms with Gasteiger partial charge in [0.2, 0.25) is 0 Å². The van der Waals surface area contributed by atoms with E-state index in [1.807, 2.05) is 12.2 Å². The molecule has 11 heavy (non-hydrogen) atoms. The molecule has 0 aliphatic heterocycles. The van der Waals surface area contributed by atoms with E-state index >= 15 is 0 Å². The van der Waals surface area contributed by atoms with E-state index in [4.69, 9.17) is 9.47 Å². The van der Waals surface area contributed by atoms with E-state index in [9.17, 15) is 0 Å². The molecule has 0 saturated carbocycles. The summed E-state index contributed by atoms with van der Waals surface area (Å²) in [7, 11) is 3.26. The second-order valence-corrected chi connectivity index (χ2v) is 2.29. The van der Waals surface area contributed by atoms with Crippen LogP contribution in [-0.2, 0) is 9.47 Å². The molecule has 0 fully saturated rings. The lowest BCUT2D eigenvalue weighted by Crippen LogP contribution is -2.01. The molecule has 0 aromatic heterocycles. The van der Waals surface area contributed by atoms with Crippen LogP contribution in [0, 0.1) is 0 Å². The van der Waals surface area contributed by atoms with Gasteiger partial charge in [0, 0.05) is 12.0 Å². The summed E-state index contributed by atoms with van der Waals surface area (Å²) in [5.41, 5.74) is 0.871. The Morgan fingerprint density at radius 2 is 2.09 bits per heavy atom. The lowest BCUT2D eigenvalue weighted by molar-refractivity contribution is 0.222. The summed E-state index contributed by atoms with van der Waals surface area (Å²) in [6.45, 7) is 3.81. The molecule has 0 bridgehead atoms. The number of hydrogen-bond donors (Lipinski definition) is 0. The SMILES string of the molecule is C=C1C=CCC(OC)=C1OC. The van der Waals surface area contributed by atoms with Crippen molar-refractivity contribution in [1.82, 2.24) is 0 Å². The van der Waals surface area contributed by atoms with Crippen molar-refractivity contribution in [2.24, 2.45) is 0 Å². The van der Waals surface area contributed by atoms with Crippen LogP contribution in [-0.4, -0.2) is 14.2 Å². The minimum Gasteiger partial charge on any atom is -0.497 e. The molecular weight excluding hydrogens is 140 g/mol. The van der Waals surface area contributed by atoms with E-state index in [0.717, 1.165) is 23.5 Å². The van der Waals surface area contributed by atoms with Crippen LogP contribution in [0.2, 0.25) is 0 Å². The normalized spacial score (nSPS) is 17.1. The molecule has 0 unspecified atom stereocenters. The molecule has 2 nitrogen and oxygen atoms in total. The third-order valence-electron chi connectivity index (χ3n) is 1.62. The van der Waals surface area contributed by atoms with Crippen LogP contribution in [0.25, 0.3) is 0 Å². The fraction of sp³-hybridized carbons (Fsp3) is 0.333. The summed E-state index contributed by atoms with van der Waals surface area (Å²) >= 11 is 0. The van der Waals surface area contributed by atoms with Crippen LogP contribution < -0.4 is 0 Å². The average Bonchev–Trinajstić information content (AvgIpc) is 2.04. The molecule has 0 N–H and O–H groups in total. The molecular formula is C9H12O2. The van der Waals surface area contributed by atoms with Crippen molar-refractivity contribution in [2.75, 3.05) is 14.2 Å². The number of allylic oxidation sites excluding steroid dienone is 2. The first-order chi connectivity index (χ1) is 5.29. The van der Waals surface area contributed by atoms with Gasteiger partial charge in [-0.3, -0.25) is 0 Å².